The number of carbonyl (C=O) groups is 1. The van der Waals surface area contributed by atoms with Gasteiger partial charge in [-0.15, -0.1) is 0 Å². The van der Waals surface area contributed by atoms with Gasteiger partial charge >= 0.3 is 0 Å². The molecule has 0 aromatic rings. The van der Waals surface area contributed by atoms with Gasteiger partial charge in [-0.25, -0.2) is 0 Å². The fourth-order valence-corrected chi connectivity index (χ4v) is 3.35. The molecule has 1 heterocycles. The molecule has 0 radical (unpaired) electrons. The highest BCUT2D eigenvalue weighted by Crippen LogP contribution is 2.25. The highest BCUT2D eigenvalue weighted by molar-refractivity contribution is 5.76. The second-order valence-electron chi connectivity index (χ2n) is 6.14. The summed E-state index contributed by atoms with van der Waals surface area (Å²) < 4.78 is 5.74. The predicted molar refractivity (Wildman–Crippen MR) is 75.7 cm³/mol. The van der Waals surface area contributed by atoms with Gasteiger partial charge < -0.3 is 15.8 Å². The van der Waals surface area contributed by atoms with E-state index in [-0.39, 0.29) is 12.0 Å². The SMILES string of the molecule is CC1CCC(CCC(=O)NC2CCCCC2CN)O1. The van der Waals surface area contributed by atoms with Gasteiger partial charge in [0.1, 0.15) is 0 Å². The van der Waals surface area contributed by atoms with Gasteiger partial charge in [0.15, 0.2) is 0 Å². The van der Waals surface area contributed by atoms with E-state index in [0.717, 1.165) is 32.1 Å². The van der Waals surface area contributed by atoms with Gasteiger partial charge in [-0.1, -0.05) is 12.8 Å². The Morgan fingerprint density at radius 1 is 1.26 bits per heavy atom. The summed E-state index contributed by atoms with van der Waals surface area (Å²) in [5.41, 5.74) is 5.79. The molecule has 1 saturated carbocycles. The number of hydrogen-bond acceptors (Lipinski definition) is 3. The van der Waals surface area contributed by atoms with Gasteiger partial charge in [0.2, 0.25) is 5.91 Å². The van der Waals surface area contributed by atoms with Gasteiger partial charge in [-0.2, -0.15) is 0 Å². The van der Waals surface area contributed by atoms with Crippen molar-refractivity contribution in [3.8, 4) is 0 Å². The molecule has 4 unspecified atom stereocenters. The van der Waals surface area contributed by atoms with Crippen LogP contribution in [-0.2, 0) is 9.53 Å². The smallest absolute Gasteiger partial charge is 0.220 e. The minimum Gasteiger partial charge on any atom is -0.375 e. The van der Waals surface area contributed by atoms with Crippen LogP contribution in [0.25, 0.3) is 0 Å². The summed E-state index contributed by atoms with van der Waals surface area (Å²) in [7, 11) is 0. The Morgan fingerprint density at radius 2 is 2.05 bits per heavy atom. The van der Waals surface area contributed by atoms with Gasteiger partial charge in [-0.3, -0.25) is 4.79 Å². The lowest BCUT2D eigenvalue weighted by Gasteiger charge is -2.31. The first kappa shape index (κ1) is 14.8. The maximum Gasteiger partial charge on any atom is 0.220 e. The molecule has 1 saturated heterocycles. The lowest BCUT2D eigenvalue weighted by atomic mass is 9.84. The summed E-state index contributed by atoms with van der Waals surface area (Å²) >= 11 is 0. The van der Waals surface area contributed by atoms with Crippen molar-refractivity contribution in [3.05, 3.63) is 0 Å². The first-order chi connectivity index (χ1) is 9.19. The third kappa shape index (κ3) is 4.46. The summed E-state index contributed by atoms with van der Waals surface area (Å²) in [5, 5.41) is 3.18. The van der Waals surface area contributed by atoms with Crippen LogP contribution in [0.4, 0.5) is 0 Å². The summed E-state index contributed by atoms with van der Waals surface area (Å²) in [6.45, 7) is 2.79. The van der Waals surface area contributed by atoms with E-state index < -0.39 is 0 Å². The topological polar surface area (TPSA) is 64.4 Å². The average Bonchev–Trinajstić information content (AvgIpc) is 2.83. The van der Waals surface area contributed by atoms with Crippen molar-refractivity contribution >= 4 is 5.91 Å². The van der Waals surface area contributed by atoms with Crippen LogP contribution in [0.1, 0.15) is 58.3 Å². The summed E-state index contributed by atoms with van der Waals surface area (Å²) in [6.07, 6.45) is 9.04. The normalized spacial score (nSPS) is 35.3. The first-order valence-corrected chi connectivity index (χ1v) is 7.84. The number of carbonyl (C=O) groups excluding carboxylic acids is 1. The molecule has 0 aromatic heterocycles. The van der Waals surface area contributed by atoms with Crippen molar-refractivity contribution in [1.29, 1.82) is 0 Å². The van der Waals surface area contributed by atoms with E-state index in [2.05, 4.69) is 12.2 Å². The quantitative estimate of drug-likeness (QED) is 0.801. The van der Waals surface area contributed by atoms with Gasteiger partial charge in [0.05, 0.1) is 12.2 Å². The molecule has 1 amide bonds. The first-order valence-electron chi connectivity index (χ1n) is 7.84. The van der Waals surface area contributed by atoms with Crippen LogP contribution in [0.5, 0.6) is 0 Å². The summed E-state index contributed by atoms with van der Waals surface area (Å²) in [6, 6.07) is 0.301. The van der Waals surface area contributed by atoms with E-state index in [1.54, 1.807) is 0 Å². The van der Waals surface area contributed by atoms with E-state index >= 15 is 0 Å². The Kier molecular flexibility index (Phi) is 5.64. The highest BCUT2D eigenvalue weighted by atomic mass is 16.5. The number of nitrogens with one attached hydrogen (secondary N) is 1. The molecule has 2 aliphatic rings. The zero-order valence-electron chi connectivity index (χ0n) is 12.1. The molecule has 4 nitrogen and oxygen atoms in total. The zero-order chi connectivity index (χ0) is 13.7. The zero-order valence-corrected chi connectivity index (χ0v) is 12.1. The van der Waals surface area contributed by atoms with Crippen LogP contribution in [0, 0.1) is 5.92 Å². The Labute approximate surface area is 116 Å². The standard InChI is InChI=1S/C15H28N2O2/c1-11-6-7-13(19-11)8-9-15(18)17-14-5-3-2-4-12(14)10-16/h11-14H,2-10,16H2,1H3,(H,17,18). The monoisotopic (exact) mass is 268 g/mol. The van der Waals surface area contributed by atoms with E-state index in [9.17, 15) is 4.79 Å². The lowest BCUT2D eigenvalue weighted by Crippen LogP contribution is -2.44. The van der Waals surface area contributed by atoms with Crippen LogP contribution < -0.4 is 11.1 Å². The molecule has 2 fully saturated rings. The average molecular weight is 268 g/mol. The number of hydrogen-bond donors (Lipinski definition) is 2. The van der Waals surface area contributed by atoms with Gasteiger partial charge in [0.25, 0.3) is 0 Å². The Morgan fingerprint density at radius 3 is 2.74 bits per heavy atom. The summed E-state index contributed by atoms with van der Waals surface area (Å²) in [5.74, 6) is 0.647. The van der Waals surface area contributed by atoms with Crippen molar-refractivity contribution in [2.75, 3.05) is 6.54 Å². The minimum atomic E-state index is 0.175. The van der Waals surface area contributed by atoms with Gasteiger partial charge in [0, 0.05) is 12.5 Å². The van der Waals surface area contributed by atoms with E-state index in [4.69, 9.17) is 10.5 Å². The molecule has 1 aliphatic heterocycles. The largest absolute Gasteiger partial charge is 0.375 e. The number of nitrogens with two attached hydrogens (primary N) is 1. The molecule has 2 rings (SSSR count). The molecule has 110 valence electrons. The number of rotatable bonds is 5. The van der Waals surface area contributed by atoms with Crippen molar-refractivity contribution in [2.24, 2.45) is 11.7 Å². The molecule has 1 aliphatic carbocycles. The van der Waals surface area contributed by atoms with Gasteiger partial charge in [-0.05, 0) is 51.5 Å². The second kappa shape index (κ2) is 7.25. The minimum absolute atomic E-state index is 0.175. The fourth-order valence-electron chi connectivity index (χ4n) is 3.35. The van der Waals surface area contributed by atoms with Crippen LogP contribution in [0.3, 0.4) is 0 Å². The molecule has 0 aromatic carbocycles. The van der Waals surface area contributed by atoms with Crippen molar-refractivity contribution < 1.29 is 9.53 Å². The third-order valence-electron chi connectivity index (χ3n) is 4.57. The maximum atomic E-state index is 12.0. The molecule has 4 heteroatoms. The second-order valence-corrected chi connectivity index (χ2v) is 6.14. The van der Waals surface area contributed by atoms with Crippen LogP contribution in [0.2, 0.25) is 0 Å². The molecular weight excluding hydrogens is 240 g/mol. The number of amides is 1. The molecule has 3 N–H and O–H groups in total. The summed E-state index contributed by atoms with van der Waals surface area (Å²) in [4.78, 5) is 12.0. The van der Waals surface area contributed by atoms with Crippen LogP contribution >= 0.6 is 0 Å². The third-order valence-corrected chi connectivity index (χ3v) is 4.57. The van der Waals surface area contributed by atoms with E-state index in [1.807, 2.05) is 0 Å². The fraction of sp³-hybridized carbons (Fsp3) is 0.933. The van der Waals surface area contributed by atoms with E-state index in [1.165, 1.54) is 12.8 Å². The molecular formula is C15H28N2O2. The Balaban J connectivity index is 1.68. The maximum absolute atomic E-state index is 12.0. The van der Waals surface area contributed by atoms with E-state index in [0.29, 0.717) is 31.0 Å². The Hall–Kier alpha value is -0.610. The molecule has 0 spiro atoms. The highest BCUT2D eigenvalue weighted by Gasteiger charge is 2.26. The van der Waals surface area contributed by atoms with Crippen LogP contribution in [-0.4, -0.2) is 30.7 Å². The molecule has 0 bridgehead atoms. The van der Waals surface area contributed by atoms with Crippen LogP contribution in [0.15, 0.2) is 0 Å². The Bertz CT molecular complexity index is 296. The van der Waals surface area contributed by atoms with Crippen molar-refractivity contribution in [1.82, 2.24) is 5.32 Å². The lowest BCUT2D eigenvalue weighted by molar-refractivity contribution is -0.123. The molecule has 19 heavy (non-hydrogen) atoms. The predicted octanol–water partition coefficient (Wildman–Crippen LogP) is 1.97. The van der Waals surface area contributed by atoms with Crippen molar-refractivity contribution in [3.63, 3.8) is 0 Å². The number of ether oxygens (including phenoxy) is 1. The van der Waals surface area contributed by atoms with Crippen molar-refractivity contribution in [2.45, 2.75) is 76.5 Å². The molecule has 4 atom stereocenters.